The van der Waals surface area contributed by atoms with Crippen LogP contribution >= 0.6 is 22.9 Å². The van der Waals surface area contributed by atoms with Gasteiger partial charge in [0.05, 0.1) is 30.3 Å². The number of amides is 1. The van der Waals surface area contributed by atoms with Crippen molar-refractivity contribution in [2.24, 2.45) is 5.10 Å². The fraction of sp³-hybridized carbons (Fsp3) is 0.200. The highest BCUT2D eigenvalue weighted by molar-refractivity contribution is 7.92. The molecule has 1 heterocycles. The zero-order chi connectivity index (χ0) is 18.4. The highest BCUT2D eigenvalue weighted by atomic mass is 35.5. The fourth-order valence-electron chi connectivity index (χ4n) is 1.91. The number of carbonyl (C=O) groups excluding carboxylic acids is 1. The molecule has 1 aromatic carbocycles. The van der Waals surface area contributed by atoms with Gasteiger partial charge >= 0.3 is 0 Å². The van der Waals surface area contributed by atoms with Crippen molar-refractivity contribution in [3.8, 4) is 5.75 Å². The molecule has 2 aromatic rings. The van der Waals surface area contributed by atoms with Crippen LogP contribution in [-0.4, -0.2) is 40.4 Å². The van der Waals surface area contributed by atoms with Crippen LogP contribution in [0.2, 0.25) is 5.02 Å². The van der Waals surface area contributed by atoms with Crippen LogP contribution in [-0.2, 0) is 14.8 Å². The molecule has 1 aromatic heterocycles. The molecular formula is C15H16ClN3O4S2. The topological polar surface area (TPSA) is 88.1 Å². The molecular weight excluding hydrogens is 386 g/mol. The van der Waals surface area contributed by atoms with Crippen LogP contribution in [0.3, 0.4) is 0 Å². The summed E-state index contributed by atoms with van der Waals surface area (Å²) in [6.45, 7) is -0.427. The normalized spacial score (nSPS) is 11.5. The molecule has 134 valence electrons. The number of hydrogen-bond acceptors (Lipinski definition) is 6. The molecule has 0 atom stereocenters. The van der Waals surface area contributed by atoms with E-state index in [4.69, 9.17) is 16.3 Å². The first-order valence-electron chi connectivity index (χ1n) is 6.98. The molecule has 7 nitrogen and oxygen atoms in total. The number of methoxy groups -OCH3 is 1. The first kappa shape index (κ1) is 19.2. The van der Waals surface area contributed by atoms with E-state index < -0.39 is 22.5 Å². The highest BCUT2D eigenvalue weighted by Crippen LogP contribution is 2.30. The number of carbonyl (C=O) groups is 1. The Morgan fingerprint density at radius 3 is 2.76 bits per heavy atom. The largest absolute Gasteiger partial charge is 0.495 e. The molecule has 0 unspecified atom stereocenters. The first-order chi connectivity index (χ1) is 11.8. The third kappa shape index (κ3) is 5.45. The Morgan fingerprint density at radius 1 is 1.44 bits per heavy atom. The lowest BCUT2D eigenvalue weighted by molar-refractivity contribution is -0.119. The molecule has 10 heteroatoms. The minimum absolute atomic E-state index is 0.241. The van der Waals surface area contributed by atoms with E-state index >= 15 is 0 Å². The predicted molar refractivity (Wildman–Crippen MR) is 100 cm³/mol. The molecule has 0 fully saturated rings. The van der Waals surface area contributed by atoms with Gasteiger partial charge in [0.25, 0.3) is 5.91 Å². The molecule has 1 N–H and O–H groups in total. The van der Waals surface area contributed by atoms with Crippen molar-refractivity contribution in [3.05, 3.63) is 45.6 Å². The summed E-state index contributed by atoms with van der Waals surface area (Å²) in [5.41, 5.74) is 2.56. The minimum atomic E-state index is -3.69. The zero-order valence-electron chi connectivity index (χ0n) is 13.5. The maximum absolute atomic E-state index is 12.0. The second kappa shape index (κ2) is 8.32. The Hall–Kier alpha value is -2.10. The number of rotatable bonds is 7. The molecule has 0 saturated carbocycles. The maximum atomic E-state index is 12.0. The second-order valence-electron chi connectivity index (χ2n) is 4.90. The van der Waals surface area contributed by atoms with Crippen molar-refractivity contribution in [1.29, 1.82) is 0 Å². The van der Waals surface area contributed by atoms with E-state index in [1.807, 2.05) is 17.5 Å². The van der Waals surface area contributed by atoms with E-state index in [0.717, 1.165) is 15.4 Å². The Morgan fingerprint density at radius 2 is 2.20 bits per heavy atom. The molecule has 0 bridgehead atoms. The summed E-state index contributed by atoms with van der Waals surface area (Å²) in [4.78, 5) is 12.9. The number of nitrogens with zero attached hydrogens (tertiary/aromatic N) is 2. The summed E-state index contributed by atoms with van der Waals surface area (Å²) in [7, 11) is -2.24. The number of thiophene rings is 1. The average molecular weight is 402 g/mol. The molecule has 2 rings (SSSR count). The lowest BCUT2D eigenvalue weighted by Crippen LogP contribution is -2.39. The SMILES string of the molecule is COc1ccc(N(CC(=O)N/N=C\c2cccs2)S(C)(=O)=O)cc1Cl. The summed E-state index contributed by atoms with van der Waals surface area (Å²) in [6.07, 6.45) is 2.49. The monoisotopic (exact) mass is 401 g/mol. The number of nitrogens with one attached hydrogen (secondary N) is 1. The van der Waals surface area contributed by atoms with Gasteiger partial charge in [-0.15, -0.1) is 11.3 Å². The van der Waals surface area contributed by atoms with Crippen LogP contribution in [0.25, 0.3) is 0 Å². The van der Waals surface area contributed by atoms with Crippen LogP contribution in [0, 0.1) is 0 Å². The van der Waals surface area contributed by atoms with E-state index in [0.29, 0.717) is 5.75 Å². The number of ether oxygens (including phenoxy) is 1. The van der Waals surface area contributed by atoms with Crippen LogP contribution in [0.15, 0.2) is 40.8 Å². The van der Waals surface area contributed by atoms with Gasteiger partial charge in [0, 0.05) is 4.88 Å². The molecule has 0 radical (unpaired) electrons. The van der Waals surface area contributed by atoms with E-state index in [1.54, 1.807) is 0 Å². The van der Waals surface area contributed by atoms with E-state index in [2.05, 4.69) is 10.5 Å². The van der Waals surface area contributed by atoms with Gasteiger partial charge in [-0.25, -0.2) is 13.8 Å². The van der Waals surface area contributed by atoms with Gasteiger partial charge in [-0.2, -0.15) is 5.10 Å². The standard InChI is InChI=1S/C15H16ClN3O4S2/c1-23-14-6-5-11(8-13(14)16)19(25(2,21)22)10-15(20)18-17-9-12-4-3-7-24-12/h3-9H,10H2,1-2H3,(H,18,20)/b17-9-. The molecule has 0 saturated heterocycles. The fourth-order valence-corrected chi connectivity index (χ4v) is 3.59. The van der Waals surface area contributed by atoms with Crippen LogP contribution in [0.1, 0.15) is 4.88 Å². The van der Waals surface area contributed by atoms with Crippen molar-refractivity contribution >= 4 is 50.8 Å². The molecule has 1 amide bonds. The van der Waals surface area contributed by atoms with Gasteiger partial charge in [0.15, 0.2) is 0 Å². The molecule has 0 aliphatic carbocycles. The smallest absolute Gasteiger partial charge is 0.260 e. The number of hydrazone groups is 1. The molecule has 0 aliphatic heterocycles. The van der Waals surface area contributed by atoms with Gasteiger partial charge < -0.3 is 4.74 Å². The molecule has 0 spiro atoms. The summed E-state index contributed by atoms with van der Waals surface area (Å²) in [6, 6.07) is 8.15. The van der Waals surface area contributed by atoms with Crippen LogP contribution in [0.4, 0.5) is 5.69 Å². The Labute approximate surface area is 154 Å². The van der Waals surface area contributed by atoms with Gasteiger partial charge in [-0.1, -0.05) is 17.7 Å². The van der Waals surface area contributed by atoms with Crippen molar-refractivity contribution in [1.82, 2.24) is 5.43 Å². The molecule has 25 heavy (non-hydrogen) atoms. The number of anilines is 1. The quantitative estimate of drug-likeness (QED) is 0.569. The molecule has 0 aliphatic rings. The van der Waals surface area contributed by atoms with Crippen LogP contribution in [0.5, 0.6) is 5.75 Å². The Bertz CT molecular complexity index is 867. The summed E-state index contributed by atoms with van der Waals surface area (Å²) >= 11 is 7.49. The average Bonchev–Trinajstić information content (AvgIpc) is 3.05. The predicted octanol–water partition coefficient (Wildman–Crippen LogP) is 2.33. The Kier molecular flexibility index (Phi) is 6.40. The van der Waals surface area contributed by atoms with Crippen molar-refractivity contribution in [2.75, 3.05) is 24.2 Å². The van der Waals surface area contributed by atoms with Gasteiger partial charge in [0.2, 0.25) is 10.0 Å². The van der Waals surface area contributed by atoms with E-state index in [9.17, 15) is 13.2 Å². The Balaban J connectivity index is 2.13. The number of sulfonamides is 1. The zero-order valence-corrected chi connectivity index (χ0v) is 15.9. The number of hydrogen-bond donors (Lipinski definition) is 1. The van der Waals surface area contributed by atoms with Crippen molar-refractivity contribution in [2.45, 2.75) is 0 Å². The van der Waals surface area contributed by atoms with Crippen molar-refractivity contribution in [3.63, 3.8) is 0 Å². The maximum Gasteiger partial charge on any atom is 0.260 e. The lowest BCUT2D eigenvalue weighted by Gasteiger charge is -2.21. The van der Waals surface area contributed by atoms with Gasteiger partial charge in [0.1, 0.15) is 12.3 Å². The third-order valence-corrected chi connectivity index (χ3v) is 5.28. The van der Waals surface area contributed by atoms with Crippen LogP contribution < -0.4 is 14.5 Å². The minimum Gasteiger partial charge on any atom is -0.495 e. The van der Waals surface area contributed by atoms with Crippen molar-refractivity contribution < 1.29 is 17.9 Å². The van der Waals surface area contributed by atoms with E-state index in [-0.39, 0.29) is 10.7 Å². The van der Waals surface area contributed by atoms with Gasteiger partial charge in [-0.3, -0.25) is 9.10 Å². The second-order valence-corrected chi connectivity index (χ2v) is 8.19. The summed E-state index contributed by atoms with van der Waals surface area (Å²) < 4.78 is 30.0. The third-order valence-electron chi connectivity index (χ3n) is 3.04. The summed E-state index contributed by atoms with van der Waals surface area (Å²) in [5, 5.41) is 5.92. The highest BCUT2D eigenvalue weighted by Gasteiger charge is 2.21. The summed E-state index contributed by atoms with van der Waals surface area (Å²) in [5.74, 6) is -0.172. The first-order valence-corrected chi connectivity index (χ1v) is 10.1. The number of halogens is 1. The van der Waals surface area contributed by atoms with Gasteiger partial charge in [-0.05, 0) is 29.6 Å². The van der Waals surface area contributed by atoms with E-state index in [1.165, 1.54) is 42.9 Å². The number of benzene rings is 1. The lowest BCUT2D eigenvalue weighted by atomic mass is 10.3.